The fourth-order valence-electron chi connectivity index (χ4n) is 1.99. The van der Waals surface area contributed by atoms with E-state index in [1.54, 1.807) is 18.5 Å². The first-order valence-corrected chi connectivity index (χ1v) is 6.82. The van der Waals surface area contributed by atoms with E-state index < -0.39 is 0 Å². The Hall–Kier alpha value is -2.36. The molecule has 0 fully saturated rings. The van der Waals surface area contributed by atoms with Gasteiger partial charge in [0.1, 0.15) is 0 Å². The molecule has 104 valence electrons. The van der Waals surface area contributed by atoms with Gasteiger partial charge in [0.05, 0.1) is 11.3 Å². The first kappa shape index (κ1) is 14.1. The van der Waals surface area contributed by atoms with Gasteiger partial charge in [0.15, 0.2) is 0 Å². The lowest BCUT2D eigenvalue weighted by atomic mass is 10.1. The molecule has 0 radical (unpaired) electrons. The summed E-state index contributed by atoms with van der Waals surface area (Å²) in [5.74, 6) is -0.151. The molecule has 0 saturated carbocycles. The number of rotatable bonds is 5. The molecule has 0 bridgehead atoms. The smallest absolute Gasteiger partial charge is 0.259 e. The predicted molar refractivity (Wildman–Crippen MR) is 82.2 cm³/mol. The standard InChI is InChI=1S/C16H19N3O/c1-3-12-6-5-7-13(10-12)19-16(20)14-11-17-9-8-15(14)18-4-2/h5-11H,3-4H2,1-2H3,(H,17,18)(H,19,20). The summed E-state index contributed by atoms with van der Waals surface area (Å²) in [5, 5.41) is 6.08. The second kappa shape index (κ2) is 6.70. The molecule has 2 aromatic rings. The molecule has 0 unspecified atom stereocenters. The zero-order valence-electron chi connectivity index (χ0n) is 11.8. The van der Waals surface area contributed by atoms with Crippen molar-refractivity contribution in [2.45, 2.75) is 20.3 Å². The van der Waals surface area contributed by atoms with Gasteiger partial charge in [-0.15, -0.1) is 0 Å². The molecule has 1 aromatic heterocycles. The zero-order chi connectivity index (χ0) is 14.4. The van der Waals surface area contributed by atoms with Crippen LogP contribution in [0.4, 0.5) is 11.4 Å². The summed E-state index contributed by atoms with van der Waals surface area (Å²) in [7, 11) is 0. The second-order valence-electron chi connectivity index (χ2n) is 4.46. The van der Waals surface area contributed by atoms with Gasteiger partial charge in [0, 0.05) is 24.6 Å². The minimum atomic E-state index is -0.151. The molecule has 0 spiro atoms. The van der Waals surface area contributed by atoms with E-state index in [2.05, 4.69) is 22.5 Å². The molecule has 1 aromatic carbocycles. The number of aryl methyl sites for hydroxylation is 1. The summed E-state index contributed by atoms with van der Waals surface area (Å²) in [6, 6.07) is 9.68. The third-order valence-corrected chi connectivity index (χ3v) is 3.03. The highest BCUT2D eigenvalue weighted by atomic mass is 16.1. The highest BCUT2D eigenvalue weighted by Crippen LogP contribution is 2.17. The largest absolute Gasteiger partial charge is 0.385 e. The quantitative estimate of drug-likeness (QED) is 0.875. The van der Waals surface area contributed by atoms with Gasteiger partial charge in [0.25, 0.3) is 5.91 Å². The molecule has 20 heavy (non-hydrogen) atoms. The molecule has 2 N–H and O–H groups in total. The molecule has 4 nitrogen and oxygen atoms in total. The minimum Gasteiger partial charge on any atom is -0.385 e. The number of hydrogen-bond donors (Lipinski definition) is 2. The SMILES string of the molecule is CCNc1ccncc1C(=O)Nc1cccc(CC)c1. The van der Waals surface area contributed by atoms with E-state index in [0.29, 0.717) is 5.56 Å². The normalized spacial score (nSPS) is 10.1. The maximum Gasteiger partial charge on any atom is 0.259 e. The number of carbonyl (C=O) groups excluding carboxylic acids is 1. The third-order valence-electron chi connectivity index (χ3n) is 3.03. The Morgan fingerprint density at radius 2 is 2.10 bits per heavy atom. The van der Waals surface area contributed by atoms with Crippen molar-refractivity contribution in [2.75, 3.05) is 17.2 Å². The molecule has 0 atom stereocenters. The lowest BCUT2D eigenvalue weighted by molar-refractivity contribution is 0.102. The summed E-state index contributed by atoms with van der Waals surface area (Å²) in [6.45, 7) is 4.84. The first-order chi connectivity index (χ1) is 9.74. The fraction of sp³-hybridized carbons (Fsp3) is 0.250. The average molecular weight is 269 g/mol. The van der Waals surface area contributed by atoms with Gasteiger partial charge in [-0.25, -0.2) is 0 Å². The van der Waals surface area contributed by atoms with Crippen LogP contribution in [-0.2, 0) is 6.42 Å². The molecule has 1 heterocycles. The van der Waals surface area contributed by atoms with Crippen LogP contribution in [-0.4, -0.2) is 17.4 Å². The van der Waals surface area contributed by atoms with Crippen molar-refractivity contribution in [2.24, 2.45) is 0 Å². The van der Waals surface area contributed by atoms with Crippen LogP contribution in [0.2, 0.25) is 0 Å². The van der Waals surface area contributed by atoms with Crippen LogP contribution in [0.5, 0.6) is 0 Å². The number of pyridine rings is 1. The minimum absolute atomic E-state index is 0.151. The summed E-state index contributed by atoms with van der Waals surface area (Å²) in [4.78, 5) is 16.3. The molecule has 2 rings (SSSR count). The second-order valence-corrected chi connectivity index (χ2v) is 4.46. The Morgan fingerprint density at radius 3 is 2.85 bits per heavy atom. The fourth-order valence-corrected chi connectivity index (χ4v) is 1.99. The number of nitrogens with one attached hydrogen (secondary N) is 2. The van der Waals surface area contributed by atoms with Crippen LogP contribution >= 0.6 is 0 Å². The summed E-state index contributed by atoms with van der Waals surface area (Å²) < 4.78 is 0. The van der Waals surface area contributed by atoms with Crippen molar-refractivity contribution in [3.63, 3.8) is 0 Å². The van der Waals surface area contributed by atoms with E-state index in [-0.39, 0.29) is 5.91 Å². The zero-order valence-corrected chi connectivity index (χ0v) is 11.8. The monoisotopic (exact) mass is 269 g/mol. The number of aromatic nitrogens is 1. The molecular formula is C16H19N3O. The number of amides is 1. The van der Waals surface area contributed by atoms with Gasteiger partial charge in [-0.05, 0) is 37.1 Å². The van der Waals surface area contributed by atoms with Gasteiger partial charge in [-0.3, -0.25) is 9.78 Å². The lowest BCUT2D eigenvalue weighted by Gasteiger charge is -2.11. The van der Waals surface area contributed by atoms with Crippen LogP contribution in [0.15, 0.2) is 42.7 Å². The van der Waals surface area contributed by atoms with Crippen molar-refractivity contribution in [1.29, 1.82) is 0 Å². The van der Waals surface area contributed by atoms with Crippen LogP contribution in [0, 0.1) is 0 Å². The molecular weight excluding hydrogens is 250 g/mol. The predicted octanol–water partition coefficient (Wildman–Crippen LogP) is 3.33. The average Bonchev–Trinajstić information content (AvgIpc) is 2.48. The number of hydrogen-bond acceptors (Lipinski definition) is 3. The van der Waals surface area contributed by atoms with Crippen molar-refractivity contribution < 1.29 is 4.79 Å². The van der Waals surface area contributed by atoms with Crippen LogP contribution in [0.3, 0.4) is 0 Å². The molecule has 0 aliphatic carbocycles. The van der Waals surface area contributed by atoms with Crippen molar-refractivity contribution in [1.82, 2.24) is 4.98 Å². The summed E-state index contributed by atoms with van der Waals surface area (Å²) in [5.41, 5.74) is 3.35. The summed E-state index contributed by atoms with van der Waals surface area (Å²) >= 11 is 0. The highest BCUT2D eigenvalue weighted by Gasteiger charge is 2.11. The number of nitrogens with zero attached hydrogens (tertiary/aromatic N) is 1. The van der Waals surface area contributed by atoms with Crippen LogP contribution in [0.25, 0.3) is 0 Å². The number of anilines is 2. The van der Waals surface area contributed by atoms with E-state index in [1.165, 1.54) is 5.56 Å². The highest BCUT2D eigenvalue weighted by molar-refractivity contribution is 6.07. The Kier molecular flexibility index (Phi) is 4.71. The topological polar surface area (TPSA) is 54.0 Å². The lowest BCUT2D eigenvalue weighted by Crippen LogP contribution is -2.15. The van der Waals surface area contributed by atoms with Gasteiger partial charge >= 0.3 is 0 Å². The van der Waals surface area contributed by atoms with E-state index in [9.17, 15) is 4.79 Å². The molecule has 4 heteroatoms. The Bertz CT molecular complexity index is 596. The Balaban J connectivity index is 2.19. The van der Waals surface area contributed by atoms with Gasteiger partial charge in [-0.1, -0.05) is 19.1 Å². The number of benzene rings is 1. The van der Waals surface area contributed by atoms with Crippen molar-refractivity contribution in [3.8, 4) is 0 Å². The van der Waals surface area contributed by atoms with Gasteiger partial charge < -0.3 is 10.6 Å². The Morgan fingerprint density at radius 1 is 1.25 bits per heavy atom. The van der Waals surface area contributed by atoms with E-state index in [4.69, 9.17) is 0 Å². The third kappa shape index (κ3) is 3.35. The Labute approximate surface area is 119 Å². The van der Waals surface area contributed by atoms with Crippen molar-refractivity contribution >= 4 is 17.3 Å². The van der Waals surface area contributed by atoms with Crippen molar-refractivity contribution in [3.05, 3.63) is 53.9 Å². The maximum atomic E-state index is 12.3. The maximum absolute atomic E-state index is 12.3. The van der Waals surface area contributed by atoms with Gasteiger partial charge in [-0.2, -0.15) is 0 Å². The van der Waals surface area contributed by atoms with E-state index in [1.807, 2.05) is 31.2 Å². The van der Waals surface area contributed by atoms with E-state index >= 15 is 0 Å². The first-order valence-electron chi connectivity index (χ1n) is 6.82. The molecule has 1 amide bonds. The van der Waals surface area contributed by atoms with E-state index in [0.717, 1.165) is 24.3 Å². The van der Waals surface area contributed by atoms with Crippen LogP contribution < -0.4 is 10.6 Å². The van der Waals surface area contributed by atoms with Gasteiger partial charge in [0.2, 0.25) is 0 Å². The molecule has 0 aliphatic heterocycles. The summed E-state index contributed by atoms with van der Waals surface area (Å²) in [6.07, 6.45) is 4.20. The molecule has 0 saturated heterocycles. The van der Waals surface area contributed by atoms with Crippen LogP contribution in [0.1, 0.15) is 29.8 Å². The molecule has 0 aliphatic rings. The number of carbonyl (C=O) groups is 1.